The van der Waals surface area contributed by atoms with Crippen molar-refractivity contribution >= 4 is 27.5 Å². The van der Waals surface area contributed by atoms with Crippen LogP contribution in [0.15, 0.2) is 18.2 Å². The van der Waals surface area contributed by atoms with Crippen molar-refractivity contribution in [2.24, 2.45) is 0 Å². The smallest absolute Gasteiger partial charge is 0.262 e. The zero-order chi connectivity index (χ0) is 14.5. The second kappa shape index (κ2) is 6.99. The minimum atomic E-state index is -2.44. The first kappa shape index (κ1) is 15.2. The average Bonchev–Trinajstić information content (AvgIpc) is 2.42. The Kier molecular flexibility index (Phi) is 5.31. The molecule has 1 unspecified atom stereocenters. The van der Waals surface area contributed by atoms with E-state index in [1.54, 1.807) is 12.1 Å². The Bertz CT molecular complexity index is 485. The lowest BCUT2D eigenvalue weighted by Gasteiger charge is -2.20. The van der Waals surface area contributed by atoms with Crippen LogP contribution in [0.1, 0.15) is 16.8 Å². The fourth-order valence-electron chi connectivity index (χ4n) is 1.82. The molecule has 0 radical (unpaired) electrons. The molecule has 7 heteroatoms. The number of benzene rings is 1. The van der Waals surface area contributed by atoms with Gasteiger partial charge in [0.05, 0.1) is 5.69 Å². The highest BCUT2D eigenvalue weighted by Crippen LogP contribution is 2.34. The second-order valence-corrected chi connectivity index (χ2v) is 5.42. The molecule has 4 nitrogen and oxygen atoms in total. The van der Waals surface area contributed by atoms with Crippen LogP contribution in [0.25, 0.3) is 0 Å². The van der Waals surface area contributed by atoms with Crippen LogP contribution in [0.2, 0.25) is 0 Å². The topological polar surface area (TPSA) is 47.6 Å². The highest BCUT2D eigenvalue weighted by atomic mass is 79.9. The molecule has 1 aliphatic rings. The summed E-state index contributed by atoms with van der Waals surface area (Å²) in [5.74, 6) is 0.433. The van der Waals surface area contributed by atoms with Gasteiger partial charge in [0.2, 0.25) is 0 Å². The Morgan fingerprint density at radius 2 is 2.25 bits per heavy atom. The van der Waals surface area contributed by atoms with Crippen molar-refractivity contribution in [3.63, 3.8) is 0 Å². The molecule has 1 amide bonds. The van der Waals surface area contributed by atoms with E-state index in [0.717, 1.165) is 5.56 Å². The summed E-state index contributed by atoms with van der Waals surface area (Å²) in [5.41, 5.74) is 1.55. The third-order valence-electron chi connectivity index (χ3n) is 2.76. The number of amides is 1. The van der Waals surface area contributed by atoms with Gasteiger partial charge in [0.15, 0.2) is 6.61 Å². The van der Waals surface area contributed by atoms with Crippen molar-refractivity contribution in [3.8, 4) is 5.75 Å². The maximum Gasteiger partial charge on any atom is 0.262 e. The lowest BCUT2D eigenvalue weighted by molar-refractivity contribution is -0.118. The third-order valence-corrected chi connectivity index (χ3v) is 3.74. The Hall–Kier alpha value is -1.21. The van der Waals surface area contributed by atoms with E-state index in [1.807, 2.05) is 6.07 Å². The highest BCUT2D eigenvalue weighted by molar-refractivity contribution is 9.09. The molecule has 1 aromatic rings. The van der Waals surface area contributed by atoms with Crippen LogP contribution in [0.5, 0.6) is 5.75 Å². The van der Waals surface area contributed by atoms with Crippen molar-refractivity contribution in [2.45, 2.75) is 17.7 Å². The molecule has 0 aliphatic carbocycles. The second-order valence-electron chi connectivity index (χ2n) is 4.31. The van der Waals surface area contributed by atoms with Gasteiger partial charge in [-0.25, -0.2) is 8.78 Å². The van der Waals surface area contributed by atoms with Crippen LogP contribution < -0.4 is 10.1 Å². The van der Waals surface area contributed by atoms with Gasteiger partial charge in [-0.3, -0.25) is 4.79 Å². The van der Waals surface area contributed by atoms with E-state index in [0.29, 0.717) is 17.9 Å². The van der Waals surface area contributed by atoms with Crippen LogP contribution in [0.4, 0.5) is 14.5 Å². The summed E-state index contributed by atoms with van der Waals surface area (Å²) < 4.78 is 33.9. The van der Waals surface area contributed by atoms with E-state index in [1.165, 1.54) is 0 Å². The van der Waals surface area contributed by atoms with Gasteiger partial charge in [-0.15, -0.1) is 0 Å². The summed E-state index contributed by atoms with van der Waals surface area (Å²) in [7, 11) is 0. The molecule has 2 rings (SSSR count). The summed E-state index contributed by atoms with van der Waals surface area (Å²) in [6, 6.07) is 5.44. The minimum Gasteiger partial charge on any atom is -0.482 e. The predicted molar refractivity (Wildman–Crippen MR) is 73.7 cm³/mol. The molecule has 1 aromatic carbocycles. The van der Waals surface area contributed by atoms with Crippen LogP contribution in [0, 0.1) is 0 Å². The highest BCUT2D eigenvalue weighted by Gasteiger charge is 2.18. The zero-order valence-electron chi connectivity index (χ0n) is 10.6. The number of hydrogen-bond donors (Lipinski definition) is 1. The van der Waals surface area contributed by atoms with E-state index in [9.17, 15) is 13.6 Å². The molecule has 0 spiro atoms. The number of carbonyl (C=O) groups excluding carboxylic acids is 1. The summed E-state index contributed by atoms with van der Waals surface area (Å²) in [6.07, 6.45) is -1.89. The average molecular weight is 350 g/mol. The van der Waals surface area contributed by atoms with Gasteiger partial charge in [0, 0.05) is 11.4 Å². The van der Waals surface area contributed by atoms with Gasteiger partial charge in [0.1, 0.15) is 12.4 Å². The number of rotatable bonds is 6. The van der Waals surface area contributed by atoms with Gasteiger partial charge in [0.25, 0.3) is 12.3 Å². The van der Waals surface area contributed by atoms with Crippen molar-refractivity contribution in [2.75, 3.05) is 25.1 Å². The first-order valence-corrected chi connectivity index (χ1v) is 7.04. The molecular formula is C13H14BrF2NO3. The maximum absolute atomic E-state index is 11.9. The van der Waals surface area contributed by atoms with Crippen molar-refractivity contribution in [1.29, 1.82) is 0 Å². The normalized spacial score (nSPS) is 15.5. The first-order valence-electron chi connectivity index (χ1n) is 6.13. The van der Waals surface area contributed by atoms with Crippen LogP contribution in [-0.4, -0.2) is 32.2 Å². The van der Waals surface area contributed by atoms with Crippen LogP contribution >= 0.6 is 15.9 Å². The van der Waals surface area contributed by atoms with Gasteiger partial charge in [-0.05, 0) is 24.1 Å². The number of fused-ring (bicyclic) bond motifs is 1. The van der Waals surface area contributed by atoms with E-state index < -0.39 is 13.0 Å². The quantitative estimate of drug-likeness (QED) is 0.634. The number of carbonyl (C=O) groups is 1. The summed E-state index contributed by atoms with van der Waals surface area (Å²) >= 11 is 3.48. The molecule has 0 bridgehead atoms. The molecule has 1 N–H and O–H groups in total. The van der Waals surface area contributed by atoms with E-state index in [2.05, 4.69) is 21.2 Å². The van der Waals surface area contributed by atoms with Gasteiger partial charge in [-0.2, -0.15) is 0 Å². The molecular weight excluding hydrogens is 336 g/mol. The standard InChI is InChI=1S/C13H14BrF2NO3/c14-9(3-4-19-6-12(15)16)8-1-2-11-10(5-8)17-13(18)7-20-11/h1-2,5,9,12H,3-4,6-7H2,(H,17,18). The van der Waals surface area contributed by atoms with E-state index in [-0.39, 0.29) is 23.9 Å². The number of ether oxygens (including phenoxy) is 2. The first-order chi connectivity index (χ1) is 9.56. The van der Waals surface area contributed by atoms with Crippen molar-refractivity contribution in [1.82, 2.24) is 0 Å². The van der Waals surface area contributed by atoms with Crippen LogP contribution in [0.3, 0.4) is 0 Å². The number of hydrogen-bond acceptors (Lipinski definition) is 3. The molecule has 110 valence electrons. The molecule has 0 saturated heterocycles. The van der Waals surface area contributed by atoms with Crippen LogP contribution in [-0.2, 0) is 9.53 Å². The molecule has 0 saturated carbocycles. The largest absolute Gasteiger partial charge is 0.482 e. The lowest BCUT2D eigenvalue weighted by atomic mass is 10.1. The molecule has 20 heavy (non-hydrogen) atoms. The number of nitrogens with one attached hydrogen (secondary N) is 1. The SMILES string of the molecule is O=C1COc2ccc(C(Br)CCOCC(F)F)cc2N1. The fourth-order valence-corrected chi connectivity index (χ4v) is 2.29. The molecule has 1 atom stereocenters. The minimum absolute atomic E-state index is 0.0194. The Balaban J connectivity index is 1.91. The Morgan fingerprint density at radius 1 is 1.45 bits per heavy atom. The monoisotopic (exact) mass is 349 g/mol. The van der Waals surface area contributed by atoms with Gasteiger partial charge in [-0.1, -0.05) is 22.0 Å². The summed E-state index contributed by atoms with van der Waals surface area (Å²) in [5, 5.41) is 2.72. The lowest BCUT2D eigenvalue weighted by Crippen LogP contribution is -2.25. The van der Waals surface area contributed by atoms with E-state index in [4.69, 9.17) is 9.47 Å². The number of alkyl halides is 3. The number of anilines is 1. The van der Waals surface area contributed by atoms with Crippen molar-refractivity contribution < 1.29 is 23.0 Å². The molecule has 0 fully saturated rings. The predicted octanol–water partition coefficient (Wildman–Crippen LogP) is 3.13. The number of halogens is 3. The molecule has 0 aromatic heterocycles. The summed E-state index contributed by atoms with van der Waals surface area (Å²) in [6.45, 7) is -0.292. The zero-order valence-corrected chi connectivity index (χ0v) is 12.2. The van der Waals surface area contributed by atoms with Gasteiger partial charge < -0.3 is 14.8 Å². The van der Waals surface area contributed by atoms with E-state index >= 15 is 0 Å². The Morgan fingerprint density at radius 3 is 3.00 bits per heavy atom. The Labute approximate surface area is 123 Å². The maximum atomic E-state index is 11.9. The van der Waals surface area contributed by atoms with Gasteiger partial charge >= 0.3 is 0 Å². The van der Waals surface area contributed by atoms with Crippen molar-refractivity contribution in [3.05, 3.63) is 23.8 Å². The third kappa shape index (κ3) is 4.14. The fraction of sp³-hybridized carbons (Fsp3) is 0.462. The molecule has 1 heterocycles. The summed E-state index contributed by atoms with van der Waals surface area (Å²) in [4.78, 5) is 11.2. The molecule has 1 aliphatic heterocycles.